The van der Waals surface area contributed by atoms with Gasteiger partial charge in [-0.15, -0.1) is 5.10 Å². The molecule has 0 atom stereocenters. The first-order valence-electron chi connectivity index (χ1n) is 9.44. The van der Waals surface area contributed by atoms with E-state index in [1.165, 1.54) is 16.6 Å². The highest BCUT2D eigenvalue weighted by Gasteiger charge is 2.27. The maximum atomic E-state index is 13.2. The van der Waals surface area contributed by atoms with Gasteiger partial charge in [0.2, 0.25) is 14.9 Å². The van der Waals surface area contributed by atoms with E-state index in [0.717, 1.165) is 5.39 Å². The summed E-state index contributed by atoms with van der Waals surface area (Å²) in [6.07, 6.45) is 0. The first kappa shape index (κ1) is 19.0. The summed E-state index contributed by atoms with van der Waals surface area (Å²) in [6, 6.07) is 23.0. The molecule has 0 saturated carbocycles. The number of methoxy groups -OCH3 is 1. The fraction of sp³-hybridized carbons (Fsp3) is 0.0455. The second-order valence-corrected chi connectivity index (χ2v) is 8.61. The van der Waals surface area contributed by atoms with Crippen molar-refractivity contribution in [2.45, 2.75) is 9.92 Å². The van der Waals surface area contributed by atoms with Gasteiger partial charge < -0.3 is 10.1 Å². The molecule has 2 aromatic heterocycles. The Morgan fingerprint density at radius 1 is 0.903 bits per heavy atom. The lowest BCUT2D eigenvalue weighted by Gasteiger charge is -2.13. The molecule has 8 nitrogen and oxygen atoms in total. The van der Waals surface area contributed by atoms with Crippen LogP contribution in [0.5, 0.6) is 5.75 Å². The predicted molar refractivity (Wildman–Crippen MR) is 116 cm³/mol. The van der Waals surface area contributed by atoms with E-state index in [1.807, 2.05) is 48.5 Å². The smallest absolute Gasteiger partial charge is 0.229 e. The van der Waals surface area contributed by atoms with Crippen LogP contribution in [-0.2, 0) is 9.84 Å². The molecular formula is C22H17N5O3S. The second kappa shape index (κ2) is 7.37. The normalized spacial score (nSPS) is 11.6. The van der Waals surface area contributed by atoms with Crippen molar-refractivity contribution in [3.8, 4) is 5.75 Å². The zero-order valence-electron chi connectivity index (χ0n) is 16.4. The van der Waals surface area contributed by atoms with Crippen molar-refractivity contribution in [3.63, 3.8) is 0 Å². The molecule has 0 saturated heterocycles. The Labute approximate surface area is 178 Å². The highest BCUT2D eigenvalue weighted by molar-refractivity contribution is 7.91. The average Bonchev–Trinajstić information content (AvgIpc) is 3.25. The highest BCUT2D eigenvalue weighted by atomic mass is 32.2. The van der Waals surface area contributed by atoms with Crippen molar-refractivity contribution in [3.05, 3.63) is 78.9 Å². The number of para-hydroxylation sites is 3. The van der Waals surface area contributed by atoms with Crippen LogP contribution in [0.25, 0.3) is 16.6 Å². The van der Waals surface area contributed by atoms with Gasteiger partial charge in [-0.05, 0) is 36.4 Å². The fourth-order valence-electron chi connectivity index (χ4n) is 3.40. The van der Waals surface area contributed by atoms with E-state index >= 15 is 0 Å². The largest absolute Gasteiger partial charge is 0.495 e. The first-order valence-corrected chi connectivity index (χ1v) is 10.9. The molecule has 5 aromatic rings. The molecule has 31 heavy (non-hydrogen) atoms. The molecule has 0 aliphatic carbocycles. The number of hydrogen-bond donors (Lipinski definition) is 1. The first-order chi connectivity index (χ1) is 15.1. The Kier molecular flexibility index (Phi) is 4.52. The van der Waals surface area contributed by atoms with Crippen molar-refractivity contribution in [2.24, 2.45) is 0 Å². The predicted octanol–water partition coefficient (Wildman–Crippen LogP) is 3.86. The summed E-state index contributed by atoms with van der Waals surface area (Å²) < 4.78 is 33.3. The summed E-state index contributed by atoms with van der Waals surface area (Å²) in [5.41, 5.74) is 1.51. The van der Waals surface area contributed by atoms with Crippen LogP contribution in [0.1, 0.15) is 0 Å². The van der Waals surface area contributed by atoms with Gasteiger partial charge in [0.1, 0.15) is 11.6 Å². The molecule has 0 spiro atoms. The van der Waals surface area contributed by atoms with Crippen LogP contribution in [-0.4, -0.2) is 35.3 Å². The highest BCUT2D eigenvalue weighted by Crippen LogP contribution is 2.32. The topological polar surface area (TPSA) is 98.5 Å². The van der Waals surface area contributed by atoms with Crippen molar-refractivity contribution in [1.82, 2.24) is 19.8 Å². The Bertz CT molecular complexity index is 1510. The number of sulfone groups is 1. The Morgan fingerprint density at radius 3 is 2.42 bits per heavy atom. The summed E-state index contributed by atoms with van der Waals surface area (Å²) in [7, 11) is -2.32. The number of hydrogen-bond acceptors (Lipinski definition) is 7. The number of nitrogens with zero attached hydrogens (tertiary/aromatic N) is 4. The van der Waals surface area contributed by atoms with Crippen LogP contribution in [0.15, 0.2) is 88.8 Å². The number of benzene rings is 3. The quantitative estimate of drug-likeness (QED) is 0.451. The molecule has 0 aliphatic rings. The van der Waals surface area contributed by atoms with Gasteiger partial charge in [0.05, 0.1) is 23.2 Å². The monoisotopic (exact) mass is 431 g/mol. The summed E-state index contributed by atoms with van der Waals surface area (Å²) in [4.78, 5) is 4.75. The van der Waals surface area contributed by atoms with Gasteiger partial charge in [-0.3, -0.25) is 0 Å². The van der Waals surface area contributed by atoms with Crippen LogP contribution in [0, 0.1) is 0 Å². The third-order valence-corrected chi connectivity index (χ3v) is 6.56. The molecule has 0 aliphatic heterocycles. The molecule has 0 fully saturated rings. The van der Waals surface area contributed by atoms with E-state index in [9.17, 15) is 8.42 Å². The summed E-state index contributed by atoms with van der Waals surface area (Å²) in [5, 5.41) is 11.9. The lowest BCUT2D eigenvalue weighted by molar-refractivity contribution is 0.417. The standard InChI is InChI=1S/C22H17N5O3S/c1-30-19-14-8-6-12-17(19)23-20-16-11-5-7-13-18(16)27-21(24-20)22(25-26-27)31(28,29)15-9-3-2-4-10-15/h2-14H,1H3,(H,23,24). The average molecular weight is 431 g/mol. The lowest BCUT2D eigenvalue weighted by atomic mass is 10.2. The van der Waals surface area contributed by atoms with Crippen LogP contribution in [0.3, 0.4) is 0 Å². The zero-order valence-corrected chi connectivity index (χ0v) is 17.2. The van der Waals surface area contributed by atoms with Gasteiger partial charge in [0, 0.05) is 5.39 Å². The van der Waals surface area contributed by atoms with Crippen molar-refractivity contribution >= 4 is 37.9 Å². The second-order valence-electron chi connectivity index (χ2n) is 6.75. The van der Waals surface area contributed by atoms with Gasteiger partial charge in [0.25, 0.3) is 0 Å². The zero-order chi connectivity index (χ0) is 21.4. The fourth-order valence-corrected chi connectivity index (χ4v) is 4.66. The van der Waals surface area contributed by atoms with Crippen LogP contribution >= 0.6 is 0 Å². The minimum absolute atomic E-state index is 0.131. The van der Waals surface area contributed by atoms with Crippen molar-refractivity contribution in [1.29, 1.82) is 0 Å². The number of nitrogens with one attached hydrogen (secondary N) is 1. The van der Waals surface area contributed by atoms with Crippen LogP contribution in [0.4, 0.5) is 11.5 Å². The molecule has 0 radical (unpaired) electrons. The Morgan fingerprint density at radius 2 is 1.61 bits per heavy atom. The molecule has 154 valence electrons. The number of aromatic nitrogens is 4. The molecule has 3 aromatic carbocycles. The maximum Gasteiger partial charge on any atom is 0.229 e. The van der Waals surface area contributed by atoms with Crippen molar-refractivity contribution in [2.75, 3.05) is 12.4 Å². The third-order valence-electron chi connectivity index (χ3n) is 4.89. The number of ether oxygens (including phenoxy) is 1. The molecule has 0 amide bonds. The van der Waals surface area contributed by atoms with E-state index in [-0.39, 0.29) is 15.6 Å². The Hall–Kier alpha value is -3.98. The third kappa shape index (κ3) is 3.15. The van der Waals surface area contributed by atoms with Gasteiger partial charge in [-0.25, -0.2) is 13.4 Å². The summed E-state index contributed by atoms with van der Waals surface area (Å²) in [6.45, 7) is 0. The van der Waals surface area contributed by atoms with Crippen molar-refractivity contribution < 1.29 is 13.2 Å². The van der Waals surface area contributed by atoms with E-state index in [4.69, 9.17) is 4.74 Å². The van der Waals surface area contributed by atoms with Gasteiger partial charge in [-0.2, -0.15) is 4.52 Å². The Balaban J connectivity index is 1.76. The SMILES string of the molecule is COc1ccccc1Nc1nc2c(S(=O)(=O)c3ccccc3)nnn2c2ccccc12. The number of fused-ring (bicyclic) bond motifs is 3. The van der Waals surface area contributed by atoms with E-state index in [2.05, 4.69) is 20.6 Å². The molecule has 0 bridgehead atoms. The minimum Gasteiger partial charge on any atom is -0.495 e. The molecule has 2 heterocycles. The maximum absolute atomic E-state index is 13.2. The van der Waals surface area contributed by atoms with E-state index < -0.39 is 9.84 Å². The van der Waals surface area contributed by atoms with Crippen LogP contribution < -0.4 is 10.1 Å². The van der Waals surface area contributed by atoms with Gasteiger partial charge >= 0.3 is 0 Å². The minimum atomic E-state index is -3.90. The lowest BCUT2D eigenvalue weighted by Crippen LogP contribution is -2.06. The number of anilines is 2. The van der Waals surface area contributed by atoms with Gasteiger partial charge in [0.15, 0.2) is 5.65 Å². The summed E-state index contributed by atoms with van der Waals surface area (Å²) >= 11 is 0. The van der Waals surface area contributed by atoms with E-state index in [1.54, 1.807) is 25.3 Å². The van der Waals surface area contributed by atoms with E-state index in [0.29, 0.717) is 22.8 Å². The number of rotatable bonds is 5. The van der Waals surface area contributed by atoms with Gasteiger partial charge in [-0.1, -0.05) is 47.7 Å². The summed E-state index contributed by atoms with van der Waals surface area (Å²) in [5.74, 6) is 1.11. The van der Waals surface area contributed by atoms with Crippen LogP contribution in [0.2, 0.25) is 0 Å². The molecule has 0 unspecified atom stereocenters. The molecule has 5 rings (SSSR count). The molecule has 9 heteroatoms. The molecule has 1 N–H and O–H groups in total. The molecular weight excluding hydrogens is 414 g/mol.